The van der Waals surface area contributed by atoms with Crippen LogP contribution in [-0.2, 0) is 35.3 Å². The van der Waals surface area contributed by atoms with Gasteiger partial charge in [0, 0.05) is 54.0 Å². The molecule has 4 heterocycles. The molecule has 4 aliphatic heterocycles. The van der Waals surface area contributed by atoms with Crippen molar-refractivity contribution in [3.05, 3.63) is 209 Å². The van der Waals surface area contributed by atoms with Crippen LogP contribution in [0.3, 0.4) is 0 Å². The van der Waals surface area contributed by atoms with Gasteiger partial charge in [-0.25, -0.2) is 0 Å². The summed E-state index contributed by atoms with van der Waals surface area (Å²) >= 11 is 0. The summed E-state index contributed by atoms with van der Waals surface area (Å²) in [4.78, 5) is 55.6. The van der Waals surface area contributed by atoms with E-state index in [0.717, 1.165) is 57.8 Å². The van der Waals surface area contributed by atoms with E-state index in [2.05, 4.69) is 65.3 Å². The molecule has 0 unspecified atom stereocenters. The Bertz CT molecular complexity index is 2390. The zero-order chi connectivity index (χ0) is 40.5. The second-order valence-corrected chi connectivity index (χ2v) is 13.8. The Morgan fingerprint density at radius 2 is 0.842 bits per heavy atom. The van der Waals surface area contributed by atoms with Crippen molar-refractivity contribution in [1.82, 2.24) is 10.6 Å². The molecule has 5 aliphatic rings. The lowest BCUT2D eigenvalue weighted by Gasteiger charge is -2.18. The number of benzene rings is 5. The Labute approximate surface area is 331 Å². The lowest BCUT2D eigenvalue weighted by Crippen LogP contribution is -2.29. The molecule has 0 radical (unpaired) electrons. The summed E-state index contributed by atoms with van der Waals surface area (Å²) in [6.07, 6.45) is 4.50. The molecule has 0 aromatic heterocycles. The predicted octanol–water partition coefficient (Wildman–Crippen LogP) is 8.18. The second-order valence-electron chi connectivity index (χ2n) is 13.8. The van der Waals surface area contributed by atoms with Crippen LogP contribution in [0.1, 0.15) is 65.8 Å². The quantitative estimate of drug-likeness (QED) is 0.0926. The third kappa shape index (κ3) is 9.84. The van der Waals surface area contributed by atoms with Gasteiger partial charge in [0.1, 0.15) is 0 Å². The monoisotopic (exact) mass is 754 g/mol. The molecule has 9 nitrogen and oxygen atoms in total. The molecule has 4 N–H and O–H groups in total. The molecule has 9 heteroatoms. The minimum absolute atomic E-state index is 0.0400. The number of imide groups is 1. The van der Waals surface area contributed by atoms with Gasteiger partial charge in [-0.3, -0.25) is 29.3 Å². The van der Waals surface area contributed by atoms with Gasteiger partial charge in [0.2, 0.25) is 0 Å². The number of fused-ring (bicyclic) bond motifs is 5. The van der Waals surface area contributed by atoms with Crippen LogP contribution in [0.15, 0.2) is 164 Å². The summed E-state index contributed by atoms with van der Waals surface area (Å²) in [6, 6.07) is 38.5. The molecule has 284 valence electrons. The van der Waals surface area contributed by atoms with Gasteiger partial charge in [-0.1, -0.05) is 111 Å². The van der Waals surface area contributed by atoms with Gasteiger partial charge in [0.05, 0.1) is 16.8 Å². The Balaban J connectivity index is 0.000000121. The van der Waals surface area contributed by atoms with Crippen molar-refractivity contribution in [1.29, 1.82) is 0 Å². The van der Waals surface area contributed by atoms with Crippen molar-refractivity contribution < 1.29 is 24.0 Å². The molecule has 0 fully saturated rings. The van der Waals surface area contributed by atoms with Crippen molar-refractivity contribution in [3.63, 3.8) is 0 Å². The molecule has 10 rings (SSSR count). The Morgan fingerprint density at radius 3 is 1.44 bits per heavy atom. The van der Waals surface area contributed by atoms with Gasteiger partial charge in [0.25, 0.3) is 17.7 Å². The summed E-state index contributed by atoms with van der Waals surface area (Å²) in [7, 11) is 0. The molecule has 5 aromatic carbocycles. The van der Waals surface area contributed by atoms with Crippen LogP contribution in [0.4, 0.5) is 11.4 Å². The Hall–Kier alpha value is -7.39. The SMILES string of the molecule is C=C1Cc2ccccc2C(=O)N1.C=C1Cc2ccccc2N1.C=C1Nc2ccccc2CC1=O.CC1=CC(=O)Cc2ccccc21.O=C1NC(=O)c2ccccc21. The van der Waals surface area contributed by atoms with Gasteiger partial charge < -0.3 is 16.0 Å². The topological polar surface area (TPSA) is 133 Å². The minimum Gasteiger partial charge on any atom is -0.359 e. The number of amides is 3. The first-order valence-electron chi connectivity index (χ1n) is 18.4. The summed E-state index contributed by atoms with van der Waals surface area (Å²) in [5.74, 6) is -0.349. The number of carbonyl (C=O) groups is 5. The van der Waals surface area contributed by atoms with Crippen LogP contribution in [0, 0.1) is 0 Å². The molecule has 0 saturated carbocycles. The third-order valence-electron chi connectivity index (χ3n) is 9.51. The molecule has 0 saturated heterocycles. The van der Waals surface area contributed by atoms with Crippen LogP contribution in [0.25, 0.3) is 5.57 Å². The first-order chi connectivity index (χ1) is 27.5. The maximum atomic E-state index is 11.3. The van der Waals surface area contributed by atoms with Gasteiger partial charge in [-0.2, -0.15) is 0 Å². The number of para-hydroxylation sites is 2. The fourth-order valence-corrected chi connectivity index (χ4v) is 6.70. The van der Waals surface area contributed by atoms with Gasteiger partial charge in [-0.05, 0) is 76.7 Å². The van der Waals surface area contributed by atoms with E-state index >= 15 is 0 Å². The second kappa shape index (κ2) is 17.8. The van der Waals surface area contributed by atoms with Gasteiger partial charge in [0.15, 0.2) is 11.6 Å². The van der Waals surface area contributed by atoms with E-state index in [4.69, 9.17) is 0 Å². The van der Waals surface area contributed by atoms with Crippen LogP contribution < -0.4 is 21.3 Å². The molecule has 3 amide bonds. The molecule has 57 heavy (non-hydrogen) atoms. The lowest BCUT2D eigenvalue weighted by molar-refractivity contribution is -0.115. The summed E-state index contributed by atoms with van der Waals surface area (Å²) < 4.78 is 0. The first kappa shape index (κ1) is 39.3. The number of nitrogens with one attached hydrogen (secondary N) is 4. The van der Waals surface area contributed by atoms with Gasteiger partial charge in [-0.15, -0.1) is 0 Å². The predicted molar refractivity (Wildman–Crippen MR) is 225 cm³/mol. The van der Waals surface area contributed by atoms with E-state index in [1.165, 1.54) is 16.8 Å². The van der Waals surface area contributed by atoms with Crippen molar-refractivity contribution in [2.45, 2.75) is 32.6 Å². The number of ketones is 2. The van der Waals surface area contributed by atoms with Crippen molar-refractivity contribution in [3.8, 4) is 0 Å². The number of Topliss-reactive ketones (excluding diaryl/α,β-unsaturated/α-hetero) is 1. The Morgan fingerprint density at radius 1 is 0.421 bits per heavy atom. The normalized spacial score (nSPS) is 15.1. The van der Waals surface area contributed by atoms with E-state index in [1.807, 2.05) is 79.7 Å². The van der Waals surface area contributed by atoms with Crippen LogP contribution in [0.5, 0.6) is 0 Å². The van der Waals surface area contributed by atoms with Crippen molar-refractivity contribution in [2.75, 3.05) is 10.6 Å². The maximum Gasteiger partial charge on any atom is 0.258 e. The van der Waals surface area contributed by atoms with Crippen molar-refractivity contribution in [2.24, 2.45) is 0 Å². The van der Waals surface area contributed by atoms with E-state index in [1.54, 1.807) is 30.3 Å². The molecule has 1 aliphatic carbocycles. The van der Waals surface area contributed by atoms with E-state index in [-0.39, 0.29) is 29.3 Å². The smallest absolute Gasteiger partial charge is 0.258 e. The zero-order valence-corrected chi connectivity index (χ0v) is 31.6. The average Bonchev–Trinajstić information content (AvgIpc) is 3.73. The molecular formula is C48H42N4O5. The average molecular weight is 755 g/mol. The number of rotatable bonds is 0. The molecule has 0 bridgehead atoms. The Kier molecular flexibility index (Phi) is 12.3. The van der Waals surface area contributed by atoms with Crippen LogP contribution in [0.2, 0.25) is 0 Å². The highest BCUT2D eigenvalue weighted by Crippen LogP contribution is 2.26. The maximum absolute atomic E-state index is 11.3. The van der Waals surface area contributed by atoms with E-state index in [0.29, 0.717) is 29.7 Å². The van der Waals surface area contributed by atoms with E-state index < -0.39 is 0 Å². The number of hydrogen-bond donors (Lipinski definition) is 4. The molecule has 0 atom stereocenters. The largest absolute Gasteiger partial charge is 0.359 e. The third-order valence-corrected chi connectivity index (χ3v) is 9.51. The number of anilines is 2. The molecule has 5 aromatic rings. The molecule has 0 spiro atoms. The highest BCUT2D eigenvalue weighted by Gasteiger charge is 2.25. The number of carbonyl (C=O) groups excluding carboxylic acids is 5. The fraction of sp³-hybridized carbons (Fsp3) is 0.104. The van der Waals surface area contributed by atoms with E-state index in [9.17, 15) is 24.0 Å². The summed E-state index contributed by atoms with van der Waals surface area (Å²) in [5, 5.41) is 11.1. The standard InChI is InChI=1S/C11H10O.2C10H9NO.C9H9N.C8H5NO2/c1-8-6-10(12)7-9-4-2-3-5-11(8)9;1-7-10(12)6-8-4-2-3-5-9(8)11-7;1-7-6-8-4-2-3-5-9(8)10(12)11-7;1-7-6-8-4-2-3-5-9(8)10-7;10-7-5-3-1-2-4-6(5)8(11)9-7/h2-6H,7H2,1H3;2-5,11H,1,6H2;2-5H,1,6H2,(H,11,12);2-5,10H,1,6H2;1-4H,(H,9,10,11). The highest BCUT2D eigenvalue weighted by atomic mass is 16.2. The number of allylic oxidation sites excluding steroid dienone is 5. The van der Waals surface area contributed by atoms with Gasteiger partial charge >= 0.3 is 0 Å². The zero-order valence-electron chi connectivity index (χ0n) is 31.6. The lowest BCUT2D eigenvalue weighted by atomic mass is 9.91. The number of hydrogen-bond acceptors (Lipinski definition) is 7. The summed E-state index contributed by atoms with van der Waals surface area (Å²) in [5.41, 5.74) is 13.2. The first-order valence-corrected chi connectivity index (χ1v) is 18.4. The van der Waals surface area contributed by atoms with Crippen LogP contribution in [-0.4, -0.2) is 29.3 Å². The summed E-state index contributed by atoms with van der Waals surface area (Å²) in [6.45, 7) is 13.2. The molecular weight excluding hydrogens is 713 g/mol. The fourth-order valence-electron chi connectivity index (χ4n) is 6.70. The highest BCUT2D eigenvalue weighted by molar-refractivity contribution is 6.21. The minimum atomic E-state index is -0.300. The van der Waals surface area contributed by atoms with Crippen LogP contribution >= 0.6 is 0 Å². The van der Waals surface area contributed by atoms with Crippen molar-refractivity contribution >= 4 is 46.2 Å².